The van der Waals surface area contributed by atoms with Gasteiger partial charge in [-0.15, -0.1) is 0 Å². The number of aromatic nitrogens is 2. The molecule has 0 spiro atoms. The first-order valence-corrected chi connectivity index (χ1v) is 4.94. The molecule has 0 amide bonds. The summed E-state index contributed by atoms with van der Waals surface area (Å²) in [6.07, 6.45) is 3.01. The van der Waals surface area contributed by atoms with Crippen molar-refractivity contribution in [2.45, 2.75) is 13.5 Å². The monoisotopic (exact) mass is 216 g/mol. The second kappa shape index (κ2) is 4.72. The Balaban J connectivity index is 2.16. The van der Waals surface area contributed by atoms with E-state index in [-0.39, 0.29) is 6.61 Å². The Hall–Kier alpha value is -1.94. The highest BCUT2D eigenvalue weighted by Crippen LogP contribution is 2.18. The highest BCUT2D eigenvalue weighted by atomic mass is 16.5. The average Bonchev–Trinajstić information content (AvgIpc) is 2.32. The number of rotatable bonds is 3. The van der Waals surface area contributed by atoms with Gasteiger partial charge in [0.1, 0.15) is 5.75 Å². The van der Waals surface area contributed by atoms with Gasteiger partial charge < -0.3 is 9.84 Å². The molecule has 0 saturated carbocycles. The Bertz CT molecular complexity index is 469. The number of hydrogen-bond acceptors (Lipinski definition) is 4. The molecule has 0 fully saturated rings. The molecule has 1 heterocycles. The molecule has 82 valence electrons. The molecule has 1 aromatic heterocycles. The number of aryl methyl sites for hydroxylation is 1. The van der Waals surface area contributed by atoms with E-state index in [0.29, 0.717) is 17.3 Å². The van der Waals surface area contributed by atoms with Crippen LogP contribution in [0.3, 0.4) is 0 Å². The number of hydrogen-bond donors (Lipinski definition) is 1. The fourth-order valence-electron chi connectivity index (χ4n) is 1.24. The van der Waals surface area contributed by atoms with Crippen LogP contribution in [0.25, 0.3) is 0 Å². The predicted molar refractivity (Wildman–Crippen MR) is 59.2 cm³/mol. The van der Waals surface area contributed by atoms with Crippen LogP contribution in [0.5, 0.6) is 11.6 Å². The quantitative estimate of drug-likeness (QED) is 0.853. The Morgan fingerprint density at radius 1 is 1.19 bits per heavy atom. The molecule has 0 radical (unpaired) electrons. The van der Waals surface area contributed by atoms with Gasteiger partial charge in [0.25, 0.3) is 0 Å². The van der Waals surface area contributed by atoms with E-state index >= 15 is 0 Å². The Morgan fingerprint density at radius 2 is 1.94 bits per heavy atom. The van der Waals surface area contributed by atoms with Crippen molar-refractivity contribution in [1.82, 2.24) is 9.97 Å². The molecule has 2 rings (SSSR count). The molecule has 0 unspecified atom stereocenters. The number of aliphatic hydroxyl groups excluding tert-OH is 1. The number of aliphatic hydroxyl groups is 1. The Morgan fingerprint density at radius 3 is 2.62 bits per heavy atom. The third kappa shape index (κ3) is 2.55. The highest BCUT2D eigenvalue weighted by molar-refractivity contribution is 5.29. The van der Waals surface area contributed by atoms with E-state index in [1.54, 1.807) is 0 Å². The van der Waals surface area contributed by atoms with Crippen LogP contribution in [0.2, 0.25) is 0 Å². The lowest BCUT2D eigenvalue weighted by atomic mass is 10.2. The van der Waals surface area contributed by atoms with Gasteiger partial charge in [0, 0.05) is 0 Å². The molecule has 0 aliphatic rings. The summed E-state index contributed by atoms with van der Waals surface area (Å²) < 4.78 is 5.49. The first-order valence-electron chi connectivity index (χ1n) is 4.94. The van der Waals surface area contributed by atoms with Gasteiger partial charge in [-0.1, -0.05) is 17.7 Å². The molecular weight excluding hydrogens is 204 g/mol. The van der Waals surface area contributed by atoms with Crippen LogP contribution in [0.4, 0.5) is 0 Å². The van der Waals surface area contributed by atoms with E-state index < -0.39 is 0 Å². The minimum absolute atomic E-state index is 0.141. The first-order chi connectivity index (χ1) is 7.78. The summed E-state index contributed by atoms with van der Waals surface area (Å²) in [6.45, 7) is 1.87. The van der Waals surface area contributed by atoms with Crippen LogP contribution in [0.1, 0.15) is 11.3 Å². The smallest absolute Gasteiger partial charge is 0.238 e. The van der Waals surface area contributed by atoms with E-state index in [1.807, 2.05) is 31.2 Å². The van der Waals surface area contributed by atoms with Crippen LogP contribution in [0, 0.1) is 6.92 Å². The third-order valence-electron chi connectivity index (χ3n) is 2.07. The second-order valence-corrected chi connectivity index (χ2v) is 3.42. The SMILES string of the molecule is Cc1ccc(Oc2cncc(CO)n2)cc1. The molecule has 0 atom stereocenters. The summed E-state index contributed by atoms with van der Waals surface area (Å²) in [5.74, 6) is 1.09. The summed E-state index contributed by atoms with van der Waals surface area (Å²) in [7, 11) is 0. The van der Waals surface area contributed by atoms with Gasteiger partial charge in [-0.05, 0) is 19.1 Å². The molecular formula is C12H12N2O2. The first kappa shape index (κ1) is 10.6. The fraction of sp³-hybridized carbons (Fsp3) is 0.167. The lowest BCUT2D eigenvalue weighted by molar-refractivity contribution is 0.274. The number of ether oxygens (including phenoxy) is 1. The van der Waals surface area contributed by atoms with Crippen LogP contribution in [0.15, 0.2) is 36.7 Å². The molecule has 0 saturated heterocycles. The zero-order valence-corrected chi connectivity index (χ0v) is 8.92. The molecule has 16 heavy (non-hydrogen) atoms. The molecule has 1 N–H and O–H groups in total. The van der Waals surface area contributed by atoms with Crippen molar-refractivity contribution in [1.29, 1.82) is 0 Å². The van der Waals surface area contributed by atoms with Crippen molar-refractivity contribution in [3.8, 4) is 11.6 Å². The molecule has 0 aliphatic heterocycles. The normalized spacial score (nSPS) is 10.1. The van der Waals surface area contributed by atoms with Crippen molar-refractivity contribution < 1.29 is 9.84 Å². The maximum Gasteiger partial charge on any atom is 0.238 e. The predicted octanol–water partition coefficient (Wildman–Crippen LogP) is 2.07. The fourth-order valence-corrected chi connectivity index (χ4v) is 1.24. The van der Waals surface area contributed by atoms with Gasteiger partial charge in [0.2, 0.25) is 5.88 Å². The minimum atomic E-state index is -0.141. The maximum atomic E-state index is 8.91. The van der Waals surface area contributed by atoms with Crippen LogP contribution >= 0.6 is 0 Å². The van der Waals surface area contributed by atoms with Crippen molar-refractivity contribution in [2.24, 2.45) is 0 Å². The maximum absolute atomic E-state index is 8.91. The average molecular weight is 216 g/mol. The lowest BCUT2D eigenvalue weighted by Gasteiger charge is -2.05. The topological polar surface area (TPSA) is 55.2 Å². The Kier molecular flexibility index (Phi) is 3.12. The van der Waals surface area contributed by atoms with Crippen LogP contribution in [-0.2, 0) is 6.61 Å². The van der Waals surface area contributed by atoms with Gasteiger partial charge >= 0.3 is 0 Å². The summed E-state index contributed by atoms with van der Waals surface area (Å²) in [5.41, 5.74) is 1.66. The summed E-state index contributed by atoms with van der Waals surface area (Å²) in [4.78, 5) is 8.00. The van der Waals surface area contributed by atoms with Crippen molar-refractivity contribution >= 4 is 0 Å². The van der Waals surface area contributed by atoms with E-state index in [2.05, 4.69) is 9.97 Å². The highest BCUT2D eigenvalue weighted by Gasteiger charge is 2.00. The van der Waals surface area contributed by atoms with E-state index in [4.69, 9.17) is 9.84 Å². The standard InChI is InChI=1S/C12H12N2O2/c1-9-2-4-11(5-3-9)16-12-7-13-6-10(8-15)14-12/h2-7,15H,8H2,1H3. The summed E-state index contributed by atoms with van der Waals surface area (Å²) >= 11 is 0. The van der Waals surface area contributed by atoms with Gasteiger partial charge in [0.05, 0.1) is 24.7 Å². The van der Waals surface area contributed by atoms with Crippen molar-refractivity contribution in [2.75, 3.05) is 0 Å². The summed E-state index contributed by atoms with van der Waals surface area (Å²) in [6, 6.07) is 7.64. The molecule has 4 nitrogen and oxygen atoms in total. The van der Waals surface area contributed by atoms with Gasteiger partial charge in [0.15, 0.2) is 0 Å². The van der Waals surface area contributed by atoms with E-state index in [0.717, 1.165) is 0 Å². The van der Waals surface area contributed by atoms with E-state index in [9.17, 15) is 0 Å². The van der Waals surface area contributed by atoms with Crippen LogP contribution in [-0.4, -0.2) is 15.1 Å². The van der Waals surface area contributed by atoms with Crippen molar-refractivity contribution in [3.63, 3.8) is 0 Å². The zero-order valence-electron chi connectivity index (χ0n) is 8.92. The summed E-state index contributed by atoms with van der Waals surface area (Å²) in [5, 5.41) is 8.91. The zero-order chi connectivity index (χ0) is 11.4. The molecule has 0 bridgehead atoms. The largest absolute Gasteiger partial charge is 0.437 e. The van der Waals surface area contributed by atoms with Gasteiger partial charge in [-0.3, -0.25) is 4.98 Å². The molecule has 2 aromatic rings. The Labute approximate surface area is 93.6 Å². The van der Waals surface area contributed by atoms with Gasteiger partial charge in [-0.25, -0.2) is 4.98 Å². The van der Waals surface area contributed by atoms with Gasteiger partial charge in [-0.2, -0.15) is 0 Å². The third-order valence-corrected chi connectivity index (χ3v) is 2.07. The number of benzene rings is 1. The second-order valence-electron chi connectivity index (χ2n) is 3.42. The molecule has 0 aliphatic carbocycles. The number of nitrogens with zero attached hydrogens (tertiary/aromatic N) is 2. The minimum Gasteiger partial charge on any atom is -0.437 e. The molecule has 4 heteroatoms. The van der Waals surface area contributed by atoms with Crippen molar-refractivity contribution in [3.05, 3.63) is 47.9 Å². The van der Waals surface area contributed by atoms with Crippen LogP contribution < -0.4 is 4.74 Å². The lowest BCUT2D eigenvalue weighted by Crippen LogP contribution is -1.94. The molecule has 1 aromatic carbocycles. The van der Waals surface area contributed by atoms with E-state index in [1.165, 1.54) is 18.0 Å².